The number of esters is 1. The van der Waals surface area contributed by atoms with E-state index in [1.807, 2.05) is 6.92 Å². The van der Waals surface area contributed by atoms with Crippen LogP contribution < -0.4 is 0 Å². The van der Waals surface area contributed by atoms with Crippen LogP contribution in [0, 0.1) is 28.6 Å². The van der Waals surface area contributed by atoms with Crippen LogP contribution in [0.3, 0.4) is 0 Å². The van der Waals surface area contributed by atoms with Crippen LogP contribution in [-0.4, -0.2) is 57.3 Å². The lowest BCUT2D eigenvalue weighted by molar-refractivity contribution is -0.159. The van der Waals surface area contributed by atoms with Crippen molar-refractivity contribution in [2.24, 2.45) is 28.6 Å². The van der Waals surface area contributed by atoms with Gasteiger partial charge in [0.25, 0.3) is 0 Å². The first-order valence-electron chi connectivity index (χ1n) is 19.5. The lowest BCUT2D eigenvalue weighted by atomic mass is 9.48. The summed E-state index contributed by atoms with van der Waals surface area (Å²) in [5, 5.41) is 20.6. The number of hydrogen-bond acceptors (Lipinski definition) is 6. The van der Waals surface area contributed by atoms with Crippen molar-refractivity contribution >= 4 is 23.3 Å². The predicted octanol–water partition coefficient (Wildman–Crippen LogP) is 9.34. The van der Waals surface area contributed by atoms with Gasteiger partial charge < -0.3 is 19.8 Å². The summed E-state index contributed by atoms with van der Waals surface area (Å²) in [6.07, 6.45) is 3.35. The van der Waals surface area contributed by atoms with E-state index in [1.165, 1.54) is 35.8 Å². The summed E-state index contributed by atoms with van der Waals surface area (Å²) in [6.45, 7) is 7.22. The van der Waals surface area contributed by atoms with E-state index in [-0.39, 0.29) is 34.5 Å². The molecule has 0 radical (unpaired) electrons. The van der Waals surface area contributed by atoms with Crippen molar-refractivity contribution in [1.82, 2.24) is 9.88 Å². The van der Waals surface area contributed by atoms with Crippen molar-refractivity contribution in [1.29, 1.82) is 0 Å². The number of piperidine rings is 1. The summed E-state index contributed by atoms with van der Waals surface area (Å²) in [6, 6.07) is 2.61. The molecule has 9 unspecified atom stereocenters. The number of halogens is 6. The molecule has 7 rings (SSSR count). The number of amides is 1. The lowest BCUT2D eigenvalue weighted by Crippen LogP contribution is -2.51. The van der Waals surface area contributed by atoms with E-state index in [4.69, 9.17) is 4.74 Å². The number of alkyl halides is 6. The number of fused-ring (bicyclic) bond motifs is 6. The third-order valence-electron chi connectivity index (χ3n) is 13.6. The first-order valence-corrected chi connectivity index (χ1v) is 19.5. The van der Waals surface area contributed by atoms with Gasteiger partial charge in [0.05, 0.1) is 23.2 Å². The predicted molar refractivity (Wildman–Crippen MR) is 190 cm³/mol. The maximum absolute atomic E-state index is 13.3. The molecule has 4 aliphatic carbocycles. The fourth-order valence-electron chi connectivity index (χ4n) is 10.8. The van der Waals surface area contributed by atoms with Crippen molar-refractivity contribution in [3.63, 3.8) is 0 Å². The minimum atomic E-state index is -5.00. The molecule has 1 aliphatic heterocycles. The minimum Gasteiger partial charge on any atom is -0.462 e. The summed E-state index contributed by atoms with van der Waals surface area (Å²) in [5.41, 5.74) is -2.07. The van der Waals surface area contributed by atoms with Crippen LogP contribution in [0.15, 0.2) is 35.9 Å². The molecule has 54 heavy (non-hydrogen) atoms. The Hall–Kier alpha value is -3.19. The van der Waals surface area contributed by atoms with Crippen LogP contribution in [0.5, 0.6) is 0 Å². The molecule has 1 amide bonds. The summed E-state index contributed by atoms with van der Waals surface area (Å²) in [4.78, 5) is 27.8. The fourth-order valence-corrected chi connectivity index (χ4v) is 10.8. The Morgan fingerprint density at radius 3 is 2.48 bits per heavy atom. The van der Waals surface area contributed by atoms with Crippen molar-refractivity contribution in [3.05, 3.63) is 52.7 Å². The number of benzene rings is 1. The van der Waals surface area contributed by atoms with E-state index >= 15 is 0 Å². The number of ether oxygens (including phenoxy) is 1. The Labute approximate surface area is 312 Å². The van der Waals surface area contributed by atoms with Crippen LogP contribution in [0.25, 0.3) is 10.9 Å². The second kappa shape index (κ2) is 15.4. The molecule has 2 aromatic rings. The number of rotatable bonds is 6. The highest BCUT2D eigenvalue weighted by atomic mass is 19.4. The molecule has 1 aromatic heterocycles. The molecule has 7 nitrogen and oxygen atoms in total. The maximum Gasteiger partial charge on any atom is 0.433 e. The molecule has 2 heterocycles. The molecule has 2 N–H and O–H groups in total. The van der Waals surface area contributed by atoms with Gasteiger partial charge in [0, 0.05) is 23.8 Å². The number of aliphatic hydroxyl groups excluding tert-OH is 2. The Kier molecular flexibility index (Phi) is 11.5. The van der Waals surface area contributed by atoms with Gasteiger partial charge in [-0.25, -0.2) is 4.98 Å². The summed E-state index contributed by atoms with van der Waals surface area (Å²) >= 11 is 0. The van der Waals surface area contributed by atoms with Crippen molar-refractivity contribution < 1.29 is 50.9 Å². The quantitative estimate of drug-likeness (QED) is 0.132. The molecule has 5 aliphatic rings. The molecular formula is C41H52F6N2O5. The van der Waals surface area contributed by atoms with Gasteiger partial charge in [-0.05, 0) is 118 Å². The SMILES string of the molecule is CCCC(=O)OC1CCC2C3CC=C4CC(O)CCC4(C)C3CCC12C.O=CN1CCCCC1C(O)c1cc(C(F)(F)F)nc2c(C(F)(F)F)cccc12. The minimum absolute atomic E-state index is 0.000514. The van der Waals surface area contributed by atoms with Crippen LogP contribution in [0.2, 0.25) is 0 Å². The number of allylic oxidation sites excluding steroid dienone is 1. The zero-order chi connectivity index (χ0) is 39.2. The van der Waals surface area contributed by atoms with Gasteiger partial charge >= 0.3 is 18.3 Å². The largest absolute Gasteiger partial charge is 0.462 e. The molecule has 1 saturated heterocycles. The third-order valence-corrected chi connectivity index (χ3v) is 13.6. The topological polar surface area (TPSA) is 100.0 Å². The standard InChI is InChI=1S/C23H36O3.C18H16F6N2O2/c1-4-5-21(25)26-20-9-8-18-17-7-6-15-14-16(24)10-12-22(15,2)19(17)11-13-23(18,20)3;19-17(20,21)12-5-3-4-10-11(8-14(18(22,23)24)25-15(10)12)16(28)13-6-1-2-7-26(13)9-27/h6,16-20,24H,4-5,7-14H2,1-3H3;3-5,8-9,13,16,28H,1-2,6-7H2. The number of nitrogens with zero attached hydrogens (tertiary/aromatic N) is 2. The third kappa shape index (κ3) is 7.64. The van der Waals surface area contributed by atoms with E-state index in [9.17, 15) is 46.1 Å². The molecule has 0 bridgehead atoms. The summed E-state index contributed by atoms with van der Waals surface area (Å²) < 4.78 is 85.7. The molecule has 9 atom stereocenters. The van der Waals surface area contributed by atoms with Crippen molar-refractivity contribution in [3.8, 4) is 0 Å². The highest BCUT2D eigenvalue weighted by Gasteiger charge is 2.59. The van der Waals surface area contributed by atoms with Crippen molar-refractivity contribution in [2.45, 2.75) is 141 Å². The zero-order valence-electron chi connectivity index (χ0n) is 31.2. The fraction of sp³-hybridized carbons (Fsp3) is 0.683. The molecule has 3 saturated carbocycles. The number of carbonyl (C=O) groups excluding carboxylic acids is 2. The van der Waals surface area contributed by atoms with E-state index in [0.29, 0.717) is 62.1 Å². The van der Waals surface area contributed by atoms with Gasteiger partial charge in [-0.3, -0.25) is 9.59 Å². The Bertz CT molecular complexity index is 1730. The molecule has 4 fully saturated rings. The number of hydrogen-bond donors (Lipinski definition) is 2. The molecule has 1 aromatic carbocycles. The van der Waals surface area contributed by atoms with Gasteiger partial charge in [0.1, 0.15) is 17.9 Å². The van der Waals surface area contributed by atoms with E-state index in [1.54, 1.807) is 0 Å². The summed E-state index contributed by atoms with van der Waals surface area (Å²) in [7, 11) is 0. The zero-order valence-corrected chi connectivity index (χ0v) is 31.2. The van der Waals surface area contributed by atoms with Gasteiger partial charge in [-0.15, -0.1) is 0 Å². The first kappa shape index (κ1) is 40.5. The van der Waals surface area contributed by atoms with Crippen LogP contribution >= 0.6 is 0 Å². The smallest absolute Gasteiger partial charge is 0.433 e. The Morgan fingerprint density at radius 1 is 1.04 bits per heavy atom. The number of pyridine rings is 1. The van der Waals surface area contributed by atoms with E-state index < -0.39 is 41.3 Å². The number of carbonyl (C=O) groups is 2. The van der Waals surface area contributed by atoms with Gasteiger partial charge in [0.2, 0.25) is 6.41 Å². The Balaban J connectivity index is 0.000000185. The van der Waals surface area contributed by atoms with E-state index in [0.717, 1.165) is 56.4 Å². The molecular weight excluding hydrogens is 714 g/mol. The van der Waals surface area contributed by atoms with E-state index in [2.05, 4.69) is 24.9 Å². The Morgan fingerprint density at radius 2 is 1.80 bits per heavy atom. The van der Waals surface area contributed by atoms with Gasteiger partial charge in [0.15, 0.2) is 0 Å². The normalized spacial score (nSPS) is 33.0. The highest BCUT2D eigenvalue weighted by Crippen LogP contribution is 2.65. The monoisotopic (exact) mass is 766 g/mol. The second-order valence-corrected chi connectivity index (χ2v) is 16.7. The molecule has 13 heteroatoms. The van der Waals surface area contributed by atoms with Gasteiger partial charge in [-0.2, -0.15) is 26.3 Å². The molecule has 0 spiro atoms. The van der Waals surface area contributed by atoms with Crippen LogP contribution in [0.1, 0.15) is 127 Å². The average Bonchev–Trinajstić information content (AvgIpc) is 3.45. The lowest BCUT2D eigenvalue weighted by Gasteiger charge is -2.57. The van der Waals surface area contributed by atoms with Crippen LogP contribution in [0.4, 0.5) is 26.3 Å². The van der Waals surface area contributed by atoms with Crippen molar-refractivity contribution in [2.75, 3.05) is 6.54 Å². The number of para-hydroxylation sites is 1. The average molecular weight is 767 g/mol. The number of likely N-dealkylation sites (tertiary alicyclic amines) is 1. The highest BCUT2D eigenvalue weighted by molar-refractivity contribution is 5.86. The number of aliphatic hydroxyl groups is 2. The second-order valence-electron chi connectivity index (χ2n) is 16.7. The maximum atomic E-state index is 13.3. The summed E-state index contributed by atoms with van der Waals surface area (Å²) in [5.74, 6) is 2.16. The van der Waals surface area contributed by atoms with Gasteiger partial charge in [-0.1, -0.05) is 44.6 Å². The van der Waals surface area contributed by atoms with Crippen LogP contribution in [-0.2, 0) is 26.7 Å². The molecule has 298 valence electrons. The first-order chi connectivity index (χ1) is 25.4. The number of aromatic nitrogens is 1.